The van der Waals surface area contributed by atoms with E-state index in [0.29, 0.717) is 25.1 Å². The summed E-state index contributed by atoms with van der Waals surface area (Å²) >= 11 is 0. The lowest BCUT2D eigenvalue weighted by Gasteiger charge is -2.25. The molecule has 1 aliphatic rings. The first-order chi connectivity index (χ1) is 9.18. The first-order valence-electron chi connectivity index (χ1n) is 6.35. The number of ether oxygens (including phenoxy) is 1. The van der Waals surface area contributed by atoms with E-state index >= 15 is 0 Å². The Bertz CT molecular complexity index is 528. The quantitative estimate of drug-likeness (QED) is 0.819. The molecular weight excluding hydrogens is 246 g/mol. The predicted octanol–water partition coefficient (Wildman–Crippen LogP) is 0.886. The lowest BCUT2D eigenvalue weighted by Crippen LogP contribution is -2.36. The number of anilines is 1. The number of aromatic nitrogens is 4. The van der Waals surface area contributed by atoms with E-state index in [0.717, 1.165) is 13.1 Å². The third-order valence-electron chi connectivity index (χ3n) is 3.30. The van der Waals surface area contributed by atoms with Crippen molar-refractivity contribution in [2.24, 2.45) is 0 Å². The van der Waals surface area contributed by atoms with Gasteiger partial charge in [0.2, 0.25) is 5.89 Å². The predicted molar refractivity (Wildman–Crippen MR) is 68.0 cm³/mol. The maximum absolute atomic E-state index is 5.80. The average Bonchev–Trinajstić information content (AvgIpc) is 3.12. The molecule has 1 aliphatic heterocycles. The van der Waals surface area contributed by atoms with Crippen LogP contribution in [0.1, 0.15) is 19.7 Å². The normalized spacial score (nSPS) is 16.8. The minimum Gasteiger partial charge on any atom is -0.405 e. The monoisotopic (exact) mass is 263 g/mol. The third kappa shape index (κ3) is 2.21. The zero-order valence-corrected chi connectivity index (χ0v) is 11.1. The van der Waals surface area contributed by atoms with Gasteiger partial charge in [-0.05, 0) is 19.9 Å². The van der Waals surface area contributed by atoms with E-state index in [4.69, 9.17) is 9.15 Å². The van der Waals surface area contributed by atoms with Gasteiger partial charge in [-0.2, -0.15) is 5.10 Å². The van der Waals surface area contributed by atoms with Crippen LogP contribution in [0.15, 0.2) is 22.9 Å². The van der Waals surface area contributed by atoms with Gasteiger partial charge < -0.3 is 14.1 Å². The molecule has 0 aromatic carbocycles. The second-order valence-corrected chi connectivity index (χ2v) is 5.00. The van der Waals surface area contributed by atoms with E-state index in [1.807, 2.05) is 35.7 Å². The highest BCUT2D eigenvalue weighted by molar-refractivity contribution is 5.25. The number of rotatable bonds is 3. The Balaban J connectivity index is 1.84. The standard InChI is InChI=1S/C12H17N5O2/c1-12(2,17-5-3-4-13-17)10-14-15-11(19-10)16-6-8-18-9-7-16/h3-5H,6-9H2,1-2H3. The number of nitrogens with zero attached hydrogens (tertiary/aromatic N) is 5. The molecule has 3 rings (SSSR count). The van der Waals surface area contributed by atoms with Crippen molar-refractivity contribution < 1.29 is 9.15 Å². The molecule has 3 heterocycles. The van der Waals surface area contributed by atoms with Crippen LogP contribution in [-0.4, -0.2) is 46.3 Å². The summed E-state index contributed by atoms with van der Waals surface area (Å²) in [6, 6.07) is 2.43. The molecule has 0 bridgehead atoms. The van der Waals surface area contributed by atoms with Crippen LogP contribution in [0.25, 0.3) is 0 Å². The molecule has 0 spiro atoms. The molecule has 19 heavy (non-hydrogen) atoms. The lowest BCUT2D eigenvalue weighted by molar-refractivity contribution is 0.120. The van der Waals surface area contributed by atoms with Crippen LogP contribution in [0.4, 0.5) is 6.01 Å². The molecule has 0 saturated carbocycles. The summed E-state index contributed by atoms with van der Waals surface area (Å²) in [7, 11) is 0. The summed E-state index contributed by atoms with van der Waals surface area (Å²) < 4.78 is 12.9. The summed E-state index contributed by atoms with van der Waals surface area (Å²) in [6.45, 7) is 6.95. The molecule has 1 saturated heterocycles. The largest absolute Gasteiger partial charge is 0.405 e. The van der Waals surface area contributed by atoms with E-state index in [2.05, 4.69) is 15.3 Å². The van der Waals surface area contributed by atoms with Crippen LogP contribution in [0.3, 0.4) is 0 Å². The van der Waals surface area contributed by atoms with Gasteiger partial charge >= 0.3 is 6.01 Å². The smallest absolute Gasteiger partial charge is 0.318 e. The molecule has 0 amide bonds. The van der Waals surface area contributed by atoms with Gasteiger partial charge in [-0.1, -0.05) is 5.10 Å². The average molecular weight is 263 g/mol. The van der Waals surface area contributed by atoms with Crippen molar-refractivity contribution >= 4 is 6.01 Å². The van der Waals surface area contributed by atoms with Gasteiger partial charge in [0.25, 0.3) is 0 Å². The van der Waals surface area contributed by atoms with Crippen LogP contribution >= 0.6 is 0 Å². The molecule has 0 aliphatic carbocycles. The van der Waals surface area contributed by atoms with E-state index in [9.17, 15) is 0 Å². The summed E-state index contributed by atoms with van der Waals surface area (Å²) in [4.78, 5) is 2.04. The van der Waals surface area contributed by atoms with Crippen molar-refractivity contribution in [2.45, 2.75) is 19.4 Å². The van der Waals surface area contributed by atoms with Crippen LogP contribution in [0.2, 0.25) is 0 Å². The molecule has 2 aromatic heterocycles. The highest BCUT2D eigenvalue weighted by Crippen LogP contribution is 2.26. The second kappa shape index (κ2) is 4.65. The SMILES string of the molecule is CC(C)(c1nnc(N2CCOCC2)o1)n1cccn1. The molecule has 1 fully saturated rings. The first kappa shape index (κ1) is 12.2. The summed E-state index contributed by atoms with van der Waals surface area (Å²) in [6.07, 6.45) is 3.62. The number of hydrogen-bond donors (Lipinski definition) is 0. The molecule has 0 unspecified atom stereocenters. The van der Waals surface area contributed by atoms with Gasteiger partial charge in [0.1, 0.15) is 5.54 Å². The van der Waals surface area contributed by atoms with Crippen molar-refractivity contribution in [2.75, 3.05) is 31.2 Å². The lowest BCUT2D eigenvalue weighted by atomic mass is 10.1. The van der Waals surface area contributed by atoms with Crippen LogP contribution < -0.4 is 4.90 Å². The van der Waals surface area contributed by atoms with Crippen molar-refractivity contribution in [1.82, 2.24) is 20.0 Å². The molecule has 7 heteroatoms. The van der Waals surface area contributed by atoms with Crippen molar-refractivity contribution in [1.29, 1.82) is 0 Å². The Kier molecular flexibility index (Phi) is 2.98. The molecule has 7 nitrogen and oxygen atoms in total. The zero-order valence-electron chi connectivity index (χ0n) is 11.1. The minimum atomic E-state index is -0.457. The minimum absolute atomic E-state index is 0.457. The van der Waals surface area contributed by atoms with Gasteiger partial charge in [-0.3, -0.25) is 4.68 Å². The third-order valence-corrected chi connectivity index (χ3v) is 3.30. The van der Waals surface area contributed by atoms with Crippen LogP contribution in [0, 0.1) is 0 Å². The van der Waals surface area contributed by atoms with Gasteiger partial charge in [0.15, 0.2) is 0 Å². The highest BCUT2D eigenvalue weighted by Gasteiger charge is 2.31. The van der Waals surface area contributed by atoms with Crippen LogP contribution in [0.5, 0.6) is 0 Å². The Morgan fingerprint density at radius 2 is 2.00 bits per heavy atom. The molecular formula is C12H17N5O2. The maximum Gasteiger partial charge on any atom is 0.318 e. The number of morpholine rings is 1. The van der Waals surface area contributed by atoms with E-state index < -0.39 is 5.54 Å². The topological polar surface area (TPSA) is 69.2 Å². The van der Waals surface area contributed by atoms with E-state index in [-0.39, 0.29) is 0 Å². The van der Waals surface area contributed by atoms with Gasteiger partial charge in [0.05, 0.1) is 13.2 Å². The van der Waals surface area contributed by atoms with Gasteiger partial charge in [0, 0.05) is 25.5 Å². The molecule has 102 valence electrons. The fourth-order valence-corrected chi connectivity index (χ4v) is 2.04. The summed E-state index contributed by atoms with van der Waals surface area (Å²) in [5.74, 6) is 0.553. The summed E-state index contributed by atoms with van der Waals surface area (Å²) in [5.41, 5.74) is -0.457. The van der Waals surface area contributed by atoms with E-state index in [1.165, 1.54) is 0 Å². The Morgan fingerprint density at radius 3 is 2.68 bits per heavy atom. The fraction of sp³-hybridized carbons (Fsp3) is 0.583. The second-order valence-electron chi connectivity index (χ2n) is 5.00. The van der Waals surface area contributed by atoms with Crippen molar-refractivity contribution in [3.8, 4) is 0 Å². The molecule has 0 radical (unpaired) electrons. The van der Waals surface area contributed by atoms with E-state index in [1.54, 1.807) is 6.20 Å². The van der Waals surface area contributed by atoms with Gasteiger partial charge in [-0.15, -0.1) is 5.10 Å². The molecule has 2 aromatic rings. The Morgan fingerprint density at radius 1 is 1.21 bits per heavy atom. The zero-order chi connectivity index (χ0) is 13.3. The first-order valence-corrected chi connectivity index (χ1v) is 6.35. The fourth-order valence-electron chi connectivity index (χ4n) is 2.04. The summed E-state index contributed by atoms with van der Waals surface area (Å²) in [5, 5.41) is 12.5. The Hall–Kier alpha value is -1.89. The highest BCUT2D eigenvalue weighted by atomic mass is 16.5. The number of hydrogen-bond acceptors (Lipinski definition) is 6. The van der Waals surface area contributed by atoms with Gasteiger partial charge in [-0.25, -0.2) is 0 Å². The molecule has 0 N–H and O–H groups in total. The maximum atomic E-state index is 5.80. The van der Waals surface area contributed by atoms with Crippen molar-refractivity contribution in [3.63, 3.8) is 0 Å². The molecule has 0 atom stereocenters. The Labute approximate surface area is 111 Å². The van der Waals surface area contributed by atoms with Crippen LogP contribution in [-0.2, 0) is 10.3 Å². The van der Waals surface area contributed by atoms with Crippen molar-refractivity contribution in [3.05, 3.63) is 24.4 Å².